The first-order chi connectivity index (χ1) is 16.0. The summed E-state index contributed by atoms with van der Waals surface area (Å²) in [5.41, 5.74) is 6.79. The number of hydroxylamine groups is 1. The van der Waals surface area contributed by atoms with E-state index in [1.165, 1.54) is 6.92 Å². The zero-order valence-electron chi connectivity index (χ0n) is 18.5. The second kappa shape index (κ2) is 10.0. The summed E-state index contributed by atoms with van der Waals surface area (Å²) in [5, 5.41) is 11.7. The number of benzene rings is 2. The Morgan fingerprint density at radius 3 is 2.24 bits per heavy atom. The van der Waals surface area contributed by atoms with E-state index in [1.807, 2.05) is 24.3 Å². The van der Waals surface area contributed by atoms with Crippen molar-refractivity contribution in [3.8, 4) is 11.1 Å². The number of nitrogens with one attached hydrogen (secondary N) is 2. The molecule has 8 heteroatoms. The molecule has 2 aromatic carbocycles. The van der Waals surface area contributed by atoms with Crippen LogP contribution in [-0.4, -0.2) is 41.8 Å². The quantitative estimate of drug-likeness (QED) is 0.553. The van der Waals surface area contributed by atoms with Crippen molar-refractivity contribution in [3.05, 3.63) is 59.7 Å². The first-order valence-corrected chi connectivity index (χ1v) is 11.3. The number of hydrogen-bond donors (Lipinski definition) is 3. The van der Waals surface area contributed by atoms with Crippen LogP contribution in [0.3, 0.4) is 0 Å². The Morgan fingerprint density at radius 1 is 1.00 bits per heavy atom. The number of carbonyl (C=O) groups excluding carboxylic acids is 2. The van der Waals surface area contributed by atoms with Crippen LogP contribution >= 0.6 is 0 Å². The van der Waals surface area contributed by atoms with E-state index in [0.717, 1.165) is 35.1 Å². The maximum absolute atomic E-state index is 12.6. The second-order valence-electron chi connectivity index (χ2n) is 8.53. The first kappa shape index (κ1) is 22.8. The van der Waals surface area contributed by atoms with Crippen molar-refractivity contribution in [2.45, 2.75) is 50.7 Å². The molecule has 0 spiro atoms. The van der Waals surface area contributed by atoms with Gasteiger partial charge in [-0.15, -0.1) is 0 Å². The summed E-state index contributed by atoms with van der Waals surface area (Å²) < 4.78 is 5.61. The molecule has 3 unspecified atom stereocenters. The number of ether oxygens (including phenoxy) is 1. The molecular formula is C25H28N2O6. The van der Waals surface area contributed by atoms with Gasteiger partial charge in [0.25, 0.3) is 0 Å². The average Bonchev–Trinajstić information content (AvgIpc) is 3.15. The summed E-state index contributed by atoms with van der Waals surface area (Å²) in [7, 11) is 0. The number of rotatable bonds is 7. The van der Waals surface area contributed by atoms with Crippen molar-refractivity contribution in [1.29, 1.82) is 0 Å². The van der Waals surface area contributed by atoms with Gasteiger partial charge < -0.3 is 15.2 Å². The molecule has 4 rings (SSSR count). The van der Waals surface area contributed by atoms with Crippen molar-refractivity contribution in [3.63, 3.8) is 0 Å². The molecule has 2 aromatic rings. The van der Waals surface area contributed by atoms with E-state index in [4.69, 9.17) is 14.7 Å². The van der Waals surface area contributed by atoms with Crippen LogP contribution in [0.1, 0.15) is 49.7 Å². The third-order valence-electron chi connectivity index (χ3n) is 6.43. The lowest BCUT2D eigenvalue weighted by Gasteiger charge is -2.31. The van der Waals surface area contributed by atoms with Crippen molar-refractivity contribution < 1.29 is 29.1 Å². The lowest BCUT2D eigenvalue weighted by atomic mass is 9.84. The number of amides is 2. The monoisotopic (exact) mass is 452 g/mol. The fourth-order valence-electron chi connectivity index (χ4n) is 4.68. The molecule has 1 fully saturated rings. The van der Waals surface area contributed by atoms with Gasteiger partial charge in [0.15, 0.2) is 6.10 Å². The third-order valence-corrected chi connectivity index (χ3v) is 6.43. The number of alkyl carbamates (subject to hydrolysis) is 1. The molecule has 2 amide bonds. The van der Waals surface area contributed by atoms with Gasteiger partial charge in [-0.3, -0.25) is 9.63 Å². The highest BCUT2D eigenvalue weighted by Gasteiger charge is 2.34. The Bertz CT molecular complexity index is 994. The number of hydrogen-bond acceptors (Lipinski definition) is 5. The maximum Gasteiger partial charge on any atom is 0.407 e. The highest BCUT2D eigenvalue weighted by Crippen LogP contribution is 2.44. The lowest BCUT2D eigenvalue weighted by molar-refractivity contribution is -0.160. The third kappa shape index (κ3) is 5.01. The molecule has 0 aliphatic heterocycles. The van der Waals surface area contributed by atoms with Crippen LogP contribution in [0.15, 0.2) is 48.5 Å². The lowest BCUT2D eigenvalue weighted by Crippen LogP contribution is -2.49. The predicted octanol–water partition coefficient (Wildman–Crippen LogP) is 3.60. The van der Waals surface area contributed by atoms with Gasteiger partial charge in [0.2, 0.25) is 5.91 Å². The van der Waals surface area contributed by atoms with Gasteiger partial charge in [-0.05, 0) is 42.0 Å². The maximum atomic E-state index is 12.6. The highest BCUT2D eigenvalue weighted by molar-refractivity contribution is 5.81. The topological polar surface area (TPSA) is 114 Å². The molecule has 1 saturated carbocycles. The van der Waals surface area contributed by atoms with Crippen LogP contribution in [-0.2, 0) is 19.2 Å². The Kier molecular flexibility index (Phi) is 6.93. The van der Waals surface area contributed by atoms with E-state index in [2.05, 4.69) is 35.1 Å². The molecule has 0 saturated heterocycles. The minimum atomic E-state index is -1.17. The van der Waals surface area contributed by atoms with E-state index in [-0.39, 0.29) is 12.5 Å². The molecule has 33 heavy (non-hydrogen) atoms. The molecule has 174 valence electrons. The fourth-order valence-corrected chi connectivity index (χ4v) is 4.68. The highest BCUT2D eigenvalue weighted by atomic mass is 16.7. The van der Waals surface area contributed by atoms with Crippen LogP contribution in [0.4, 0.5) is 4.79 Å². The van der Waals surface area contributed by atoms with Crippen LogP contribution < -0.4 is 10.8 Å². The molecular weight excluding hydrogens is 424 g/mol. The van der Waals surface area contributed by atoms with Crippen molar-refractivity contribution in [2.75, 3.05) is 6.61 Å². The minimum Gasteiger partial charge on any atom is -0.479 e. The molecule has 3 N–H and O–H groups in total. The van der Waals surface area contributed by atoms with Gasteiger partial charge in [-0.1, -0.05) is 61.4 Å². The normalized spacial score (nSPS) is 20.3. The molecule has 0 bridgehead atoms. The van der Waals surface area contributed by atoms with E-state index in [9.17, 15) is 14.4 Å². The van der Waals surface area contributed by atoms with Crippen LogP contribution in [0, 0.1) is 5.92 Å². The van der Waals surface area contributed by atoms with Crippen LogP contribution in [0.2, 0.25) is 0 Å². The van der Waals surface area contributed by atoms with Crippen molar-refractivity contribution in [2.24, 2.45) is 5.92 Å². The molecule has 2 aliphatic carbocycles. The Balaban J connectivity index is 1.36. The van der Waals surface area contributed by atoms with Crippen molar-refractivity contribution >= 4 is 18.0 Å². The smallest absolute Gasteiger partial charge is 0.407 e. The summed E-state index contributed by atoms with van der Waals surface area (Å²) in [6, 6.07) is 15.8. The van der Waals surface area contributed by atoms with E-state index < -0.39 is 36.0 Å². The summed E-state index contributed by atoms with van der Waals surface area (Å²) in [6.45, 7) is 1.53. The zero-order valence-corrected chi connectivity index (χ0v) is 18.5. The second-order valence-corrected chi connectivity index (χ2v) is 8.53. The van der Waals surface area contributed by atoms with Gasteiger partial charge >= 0.3 is 12.1 Å². The number of carbonyl (C=O) groups is 3. The molecule has 3 atom stereocenters. The Hall–Kier alpha value is -3.39. The first-order valence-electron chi connectivity index (χ1n) is 11.3. The van der Waals surface area contributed by atoms with Crippen LogP contribution in [0.5, 0.6) is 0 Å². The molecule has 2 aliphatic rings. The number of carboxylic acid groups (broad SMARTS) is 1. The van der Waals surface area contributed by atoms with E-state index in [0.29, 0.717) is 12.8 Å². The number of carboxylic acids is 1. The molecule has 0 aromatic heterocycles. The van der Waals surface area contributed by atoms with Gasteiger partial charge in [-0.2, -0.15) is 0 Å². The Labute approximate surface area is 192 Å². The molecule has 8 nitrogen and oxygen atoms in total. The average molecular weight is 453 g/mol. The summed E-state index contributed by atoms with van der Waals surface area (Å²) in [5.74, 6) is -2.17. The SMILES string of the molecule is CC(ONC(=O)C1CCCCC1NC(=O)OCC1c2ccccc2-c2ccccc21)C(=O)O. The van der Waals surface area contributed by atoms with Gasteiger partial charge in [0, 0.05) is 12.0 Å². The number of aliphatic carboxylic acids is 1. The molecule has 0 radical (unpaired) electrons. The largest absolute Gasteiger partial charge is 0.479 e. The molecule has 0 heterocycles. The fraction of sp³-hybridized carbons (Fsp3) is 0.400. The standard InChI is InChI=1S/C25H28N2O6/c1-15(24(29)30)33-27-23(28)20-12-6-7-13-22(20)26-25(31)32-14-21-18-10-4-2-8-16(18)17-9-3-5-11-19(17)21/h2-5,8-11,15,20-22H,6-7,12-14H2,1H3,(H,26,31)(H,27,28)(H,29,30). The summed E-state index contributed by atoms with van der Waals surface area (Å²) in [6.07, 6.45) is 1.20. The van der Waals surface area contributed by atoms with Crippen molar-refractivity contribution in [1.82, 2.24) is 10.8 Å². The van der Waals surface area contributed by atoms with Crippen LogP contribution in [0.25, 0.3) is 11.1 Å². The van der Waals surface area contributed by atoms with E-state index in [1.54, 1.807) is 0 Å². The van der Waals surface area contributed by atoms with Gasteiger partial charge in [0.05, 0.1) is 5.92 Å². The minimum absolute atomic E-state index is 0.0421. The van der Waals surface area contributed by atoms with Gasteiger partial charge in [0.1, 0.15) is 6.61 Å². The Morgan fingerprint density at radius 2 is 1.61 bits per heavy atom. The summed E-state index contributed by atoms with van der Waals surface area (Å²) in [4.78, 5) is 41.0. The van der Waals surface area contributed by atoms with E-state index >= 15 is 0 Å². The van der Waals surface area contributed by atoms with Gasteiger partial charge in [-0.25, -0.2) is 15.1 Å². The predicted molar refractivity (Wildman–Crippen MR) is 120 cm³/mol. The summed E-state index contributed by atoms with van der Waals surface area (Å²) >= 11 is 0. The number of fused-ring (bicyclic) bond motifs is 3. The zero-order chi connectivity index (χ0) is 23.4.